The largest absolute Gasteiger partial charge is 0.343 e. The Hall–Kier alpha value is -1.98. The van der Waals surface area contributed by atoms with Gasteiger partial charge in [0.15, 0.2) is 0 Å². The molecule has 5 nitrogen and oxygen atoms in total. The van der Waals surface area contributed by atoms with Crippen LogP contribution in [0.3, 0.4) is 0 Å². The molecule has 2 amide bonds. The molecule has 102 valence electrons. The highest BCUT2D eigenvalue weighted by Crippen LogP contribution is 2.08. The van der Waals surface area contributed by atoms with Crippen LogP contribution in [0.5, 0.6) is 0 Å². The zero-order valence-corrected chi connectivity index (χ0v) is 10.6. The highest BCUT2D eigenvalue weighted by Gasteiger charge is 2.17. The lowest BCUT2D eigenvalue weighted by molar-refractivity contribution is -0.130. The number of halogens is 1. The number of rotatable bonds is 3. The number of hydrogen-bond acceptors (Lipinski definition) is 3. The van der Waals surface area contributed by atoms with E-state index in [1.165, 1.54) is 12.3 Å². The van der Waals surface area contributed by atoms with Gasteiger partial charge in [0.2, 0.25) is 11.9 Å². The van der Waals surface area contributed by atoms with Crippen molar-refractivity contribution in [2.24, 2.45) is 0 Å². The number of nitrogens with one attached hydrogen (secondary N) is 1. The van der Waals surface area contributed by atoms with E-state index >= 15 is 0 Å². The van der Waals surface area contributed by atoms with Gasteiger partial charge in [0.1, 0.15) is 0 Å². The van der Waals surface area contributed by atoms with Gasteiger partial charge in [-0.05, 0) is 25.3 Å². The zero-order chi connectivity index (χ0) is 13.7. The number of piperidine rings is 1. The average Bonchev–Trinajstić information content (AvgIpc) is 2.45. The van der Waals surface area contributed by atoms with Crippen molar-refractivity contribution < 1.29 is 14.0 Å². The lowest BCUT2D eigenvalue weighted by atomic mass is 10.1. The fourth-order valence-electron chi connectivity index (χ4n) is 2.06. The molecule has 2 rings (SSSR count). The van der Waals surface area contributed by atoms with Crippen molar-refractivity contribution in [2.45, 2.75) is 19.3 Å². The topological polar surface area (TPSA) is 62.3 Å². The quantitative estimate of drug-likeness (QED) is 0.828. The number of hydrogen-bond donors (Lipinski definition) is 1. The summed E-state index contributed by atoms with van der Waals surface area (Å²) in [4.78, 5) is 28.6. The Morgan fingerprint density at radius 1 is 1.32 bits per heavy atom. The molecule has 1 fully saturated rings. The van der Waals surface area contributed by atoms with E-state index in [-0.39, 0.29) is 18.0 Å². The van der Waals surface area contributed by atoms with E-state index in [0.717, 1.165) is 38.4 Å². The van der Waals surface area contributed by atoms with Crippen LogP contribution >= 0.6 is 0 Å². The predicted molar refractivity (Wildman–Crippen MR) is 67.0 cm³/mol. The van der Waals surface area contributed by atoms with Crippen LogP contribution in [0.15, 0.2) is 18.3 Å². The number of aromatic nitrogens is 1. The Morgan fingerprint density at radius 2 is 2.05 bits per heavy atom. The third-order valence-corrected chi connectivity index (χ3v) is 3.10. The Balaban J connectivity index is 1.84. The normalized spacial score (nSPS) is 15.1. The second kappa shape index (κ2) is 6.26. The molecule has 1 aliphatic rings. The van der Waals surface area contributed by atoms with Crippen molar-refractivity contribution in [1.29, 1.82) is 0 Å². The molecule has 0 atom stereocenters. The minimum Gasteiger partial charge on any atom is -0.343 e. The Bertz CT molecular complexity index is 473. The minimum atomic E-state index is -0.713. The maximum absolute atomic E-state index is 12.9. The molecule has 0 aliphatic carbocycles. The van der Waals surface area contributed by atoms with Crippen LogP contribution in [0.25, 0.3) is 0 Å². The second-order valence-corrected chi connectivity index (χ2v) is 4.49. The molecule has 2 heterocycles. The van der Waals surface area contributed by atoms with Gasteiger partial charge in [0, 0.05) is 30.9 Å². The molecular weight excluding hydrogens is 249 g/mol. The second-order valence-electron chi connectivity index (χ2n) is 4.49. The number of carbonyl (C=O) groups excluding carboxylic acids is 2. The number of likely N-dealkylation sites (tertiary alicyclic amines) is 1. The lowest BCUT2D eigenvalue weighted by Crippen LogP contribution is -2.42. The standard InChI is InChI=1S/C13H16FN3O2/c14-11-8-10(4-5-15-11)13(19)16-9-12(18)17-6-2-1-3-7-17/h4-5,8H,1-3,6-7,9H2,(H,16,19). The van der Waals surface area contributed by atoms with Gasteiger partial charge in [-0.25, -0.2) is 4.98 Å². The Morgan fingerprint density at radius 3 is 2.74 bits per heavy atom. The van der Waals surface area contributed by atoms with Crippen molar-refractivity contribution in [1.82, 2.24) is 15.2 Å². The smallest absolute Gasteiger partial charge is 0.251 e. The van der Waals surface area contributed by atoms with Gasteiger partial charge in [-0.15, -0.1) is 0 Å². The maximum Gasteiger partial charge on any atom is 0.251 e. The number of nitrogens with zero attached hydrogens (tertiary/aromatic N) is 2. The molecule has 6 heteroatoms. The molecule has 0 aromatic carbocycles. The van der Waals surface area contributed by atoms with E-state index in [4.69, 9.17) is 0 Å². The van der Waals surface area contributed by atoms with E-state index < -0.39 is 11.9 Å². The Labute approximate surface area is 110 Å². The van der Waals surface area contributed by atoms with Crippen molar-refractivity contribution in [3.63, 3.8) is 0 Å². The molecule has 0 saturated carbocycles. The van der Waals surface area contributed by atoms with Crippen LogP contribution in [0.4, 0.5) is 4.39 Å². The molecule has 1 aromatic rings. The highest BCUT2D eigenvalue weighted by molar-refractivity contribution is 5.96. The Kier molecular flexibility index (Phi) is 4.43. The lowest BCUT2D eigenvalue weighted by Gasteiger charge is -2.26. The zero-order valence-electron chi connectivity index (χ0n) is 10.6. The van der Waals surface area contributed by atoms with Crippen LogP contribution < -0.4 is 5.32 Å². The van der Waals surface area contributed by atoms with Crippen LogP contribution in [-0.4, -0.2) is 41.3 Å². The van der Waals surface area contributed by atoms with Crippen LogP contribution in [0, 0.1) is 5.95 Å². The van der Waals surface area contributed by atoms with E-state index in [2.05, 4.69) is 10.3 Å². The summed E-state index contributed by atoms with van der Waals surface area (Å²) >= 11 is 0. The van der Waals surface area contributed by atoms with Gasteiger partial charge >= 0.3 is 0 Å². The average molecular weight is 265 g/mol. The summed E-state index contributed by atoms with van der Waals surface area (Å²) in [6.45, 7) is 1.44. The number of amides is 2. The third-order valence-electron chi connectivity index (χ3n) is 3.10. The van der Waals surface area contributed by atoms with E-state index in [1.54, 1.807) is 4.90 Å². The molecule has 0 unspecified atom stereocenters. The first kappa shape index (κ1) is 13.5. The van der Waals surface area contributed by atoms with Crippen molar-refractivity contribution in [2.75, 3.05) is 19.6 Å². The molecular formula is C13H16FN3O2. The van der Waals surface area contributed by atoms with Crippen LogP contribution in [0.2, 0.25) is 0 Å². The molecule has 0 bridgehead atoms. The van der Waals surface area contributed by atoms with Gasteiger partial charge in [-0.3, -0.25) is 9.59 Å². The minimum absolute atomic E-state index is 0.0528. The first-order chi connectivity index (χ1) is 9.16. The van der Waals surface area contributed by atoms with E-state index in [0.29, 0.717) is 0 Å². The van der Waals surface area contributed by atoms with E-state index in [9.17, 15) is 14.0 Å². The van der Waals surface area contributed by atoms with Gasteiger partial charge in [-0.2, -0.15) is 4.39 Å². The molecule has 1 aliphatic heterocycles. The third kappa shape index (κ3) is 3.74. The maximum atomic E-state index is 12.9. The fourth-order valence-corrected chi connectivity index (χ4v) is 2.06. The van der Waals surface area contributed by atoms with Gasteiger partial charge < -0.3 is 10.2 Å². The summed E-state index contributed by atoms with van der Waals surface area (Å²) < 4.78 is 12.9. The van der Waals surface area contributed by atoms with Gasteiger partial charge in [-0.1, -0.05) is 0 Å². The fraction of sp³-hybridized carbons (Fsp3) is 0.462. The summed E-state index contributed by atoms with van der Waals surface area (Å²) in [6, 6.07) is 2.45. The van der Waals surface area contributed by atoms with Crippen molar-refractivity contribution >= 4 is 11.8 Å². The monoisotopic (exact) mass is 265 g/mol. The van der Waals surface area contributed by atoms with Crippen molar-refractivity contribution in [3.05, 3.63) is 29.8 Å². The molecule has 0 radical (unpaired) electrons. The summed E-state index contributed by atoms with van der Waals surface area (Å²) in [5.74, 6) is -1.27. The first-order valence-electron chi connectivity index (χ1n) is 6.34. The van der Waals surface area contributed by atoms with Crippen LogP contribution in [0.1, 0.15) is 29.6 Å². The summed E-state index contributed by atoms with van der Waals surface area (Å²) in [6.07, 6.45) is 4.38. The first-order valence-corrected chi connectivity index (χ1v) is 6.34. The highest BCUT2D eigenvalue weighted by atomic mass is 19.1. The summed E-state index contributed by atoms with van der Waals surface area (Å²) in [5, 5.41) is 2.50. The predicted octanol–water partition coefficient (Wildman–Crippen LogP) is 0.963. The number of carbonyl (C=O) groups is 2. The summed E-state index contributed by atoms with van der Waals surface area (Å²) in [7, 11) is 0. The number of pyridine rings is 1. The van der Waals surface area contributed by atoms with Crippen LogP contribution in [-0.2, 0) is 4.79 Å². The molecule has 1 saturated heterocycles. The van der Waals surface area contributed by atoms with Gasteiger partial charge in [0.05, 0.1) is 6.54 Å². The molecule has 0 spiro atoms. The molecule has 1 aromatic heterocycles. The SMILES string of the molecule is O=C(NCC(=O)N1CCCCC1)c1ccnc(F)c1. The van der Waals surface area contributed by atoms with Gasteiger partial charge in [0.25, 0.3) is 5.91 Å². The molecule has 19 heavy (non-hydrogen) atoms. The summed E-state index contributed by atoms with van der Waals surface area (Å²) in [5.41, 5.74) is 0.166. The molecule has 1 N–H and O–H groups in total. The van der Waals surface area contributed by atoms with E-state index in [1.807, 2.05) is 0 Å². The van der Waals surface area contributed by atoms with Crippen molar-refractivity contribution in [3.8, 4) is 0 Å².